The summed E-state index contributed by atoms with van der Waals surface area (Å²) in [6.07, 6.45) is 0. The molecular weight excluding hydrogens is 278 g/mol. The maximum absolute atomic E-state index is 9.22. The molecule has 2 aromatic rings. The van der Waals surface area contributed by atoms with Crippen LogP contribution in [0.4, 0.5) is 0 Å². The van der Waals surface area contributed by atoms with Crippen LogP contribution in [0, 0.1) is 13.8 Å². The molecule has 0 amide bonds. The van der Waals surface area contributed by atoms with Crippen LogP contribution in [0.1, 0.15) is 35.4 Å². The average Bonchev–Trinajstić information content (AvgIpc) is 2.83. The van der Waals surface area contributed by atoms with Gasteiger partial charge in [-0.3, -0.25) is 4.68 Å². The van der Waals surface area contributed by atoms with Gasteiger partial charge in [0.05, 0.1) is 25.5 Å². The zero-order chi connectivity index (χ0) is 16.1. The Kier molecular flexibility index (Phi) is 5.57. The molecule has 0 aliphatic rings. The van der Waals surface area contributed by atoms with Gasteiger partial charge in [-0.25, -0.2) is 0 Å². The molecule has 1 heterocycles. The molecule has 5 nitrogen and oxygen atoms in total. The number of aliphatic hydroxyl groups excluding tert-OH is 1. The van der Waals surface area contributed by atoms with Gasteiger partial charge in [0.2, 0.25) is 0 Å². The van der Waals surface area contributed by atoms with E-state index in [2.05, 4.69) is 18.1 Å². The standard InChI is InChI=1S/C17H25N3O2/c1-4-22-14-5-6-15(12(2)9-14)16(11-18)17-10-13(3)19-20(17)7-8-21/h5-6,9-10,16,21H,4,7-8,11,18H2,1-3H3. The van der Waals surface area contributed by atoms with Gasteiger partial charge < -0.3 is 15.6 Å². The van der Waals surface area contributed by atoms with Crippen molar-refractivity contribution in [2.45, 2.75) is 33.2 Å². The lowest BCUT2D eigenvalue weighted by Gasteiger charge is -2.20. The molecule has 0 bridgehead atoms. The molecule has 5 heteroatoms. The van der Waals surface area contributed by atoms with E-state index in [1.54, 1.807) is 0 Å². The highest BCUT2D eigenvalue weighted by Gasteiger charge is 2.20. The summed E-state index contributed by atoms with van der Waals surface area (Å²) in [6, 6.07) is 8.14. The van der Waals surface area contributed by atoms with Crippen molar-refractivity contribution in [3.63, 3.8) is 0 Å². The molecule has 0 aliphatic heterocycles. The van der Waals surface area contributed by atoms with Crippen LogP contribution < -0.4 is 10.5 Å². The van der Waals surface area contributed by atoms with E-state index in [0.717, 1.165) is 22.7 Å². The number of benzene rings is 1. The third-order valence-electron chi connectivity index (χ3n) is 3.77. The second-order valence-electron chi connectivity index (χ2n) is 5.40. The van der Waals surface area contributed by atoms with E-state index in [1.165, 1.54) is 5.56 Å². The molecular formula is C17H25N3O2. The predicted molar refractivity (Wildman–Crippen MR) is 87.3 cm³/mol. The minimum absolute atomic E-state index is 0.0587. The molecule has 3 N–H and O–H groups in total. The minimum atomic E-state index is 0.0587. The van der Waals surface area contributed by atoms with E-state index in [0.29, 0.717) is 19.7 Å². The van der Waals surface area contributed by atoms with Crippen molar-refractivity contribution in [1.82, 2.24) is 9.78 Å². The lowest BCUT2D eigenvalue weighted by Crippen LogP contribution is -2.20. The molecule has 22 heavy (non-hydrogen) atoms. The van der Waals surface area contributed by atoms with Crippen LogP contribution in [-0.2, 0) is 6.54 Å². The Bertz CT molecular complexity index is 622. The van der Waals surface area contributed by atoms with Gasteiger partial charge in [-0.2, -0.15) is 5.10 Å². The minimum Gasteiger partial charge on any atom is -0.494 e. The van der Waals surface area contributed by atoms with Crippen LogP contribution in [-0.4, -0.2) is 34.6 Å². The molecule has 0 radical (unpaired) electrons. The Balaban J connectivity index is 2.40. The van der Waals surface area contributed by atoms with Crippen molar-refractivity contribution in [3.05, 3.63) is 46.8 Å². The molecule has 0 saturated carbocycles. The average molecular weight is 303 g/mol. The second-order valence-corrected chi connectivity index (χ2v) is 5.40. The lowest BCUT2D eigenvalue weighted by atomic mass is 9.91. The molecule has 2 rings (SSSR count). The molecule has 1 aromatic heterocycles. The molecule has 0 saturated heterocycles. The first kappa shape index (κ1) is 16.5. The van der Waals surface area contributed by atoms with Crippen molar-refractivity contribution >= 4 is 0 Å². The summed E-state index contributed by atoms with van der Waals surface area (Å²) in [7, 11) is 0. The quantitative estimate of drug-likeness (QED) is 0.820. The van der Waals surface area contributed by atoms with Gasteiger partial charge in [0, 0.05) is 18.2 Å². The molecule has 120 valence electrons. The van der Waals surface area contributed by atoms with Crippen molar-refractivity contribution in [3.8, 4) is 5.75 Å². The fourth-order valence-electron chi connectivity index (χ4n) is 2.82. The molecule has 0 aliphatic carbocycles. The van der Waals surface area contributed by atoms with Gasteiger partial charge in [0.25, 0.3) is 0 Å². The monoisotopic (exact) mass is 303 g/mol. The highest BCUT2D eigenvalue weighted by molar-refractivity contribution is 5.41. The van der Waals surface area contributed by atoms with Crippen LogP contribution >= 0.6 is 0 Å². The number of hydrogen-bond donors (Lipinski definition) is 2. The van der Waals surface area contributed by atoms with E-state index in [4.69, 9.17) is 10.5 Å². The topological polar surface area (TPSA) is 73.3 Å². The number of aliphatic hydroxyl groups is 1. The Morgan fingerprint density at radius 2 is 2.09 bits per heavy atom. The molecule has 0 spiro atoms. The fourth-order valence-corrected chi connectivity index (χ4v) is 2.82. The maximum atomic E-state index is 9.22. The van der Waals surface area contributed by atoms with Crippen LogP contribution in [0.3, 0.4) is 0 Å². The Labute approximate surface area is 131 Å². The SMILES string of the molecule is CCOc1ccc(C(CN)c2cc(C)nn2CCO)c(C)c1. The normalized spacial score (nSPS) is 12.4. The van der Waals surface area contributed by atoms with E-state index in [1.807, 2.05) is 36.7 Å². The summed E-state index contributed by atoms with van der Waals surface area (Å²) >= 11 is 0. The highest BCUT2D eigenvalue weighted by atomic mass is 16.5. The zero-order valence-electron chi connectivity index (χ0n) is 13.5. The Morgan fingerprint density at radius 1 is 1.32 bits per heavy atom. The molecule has 1 unspecified atom stereocenters. The number of aryl methyl sites for hydroxylation is 2. The Hall–Kier alpha value is -1.85. The first-order valence-electron chi connectivity index (χ1n) is 7.69. The molecule has 1 atom stereocenters. The second kappa shape index (κ2) is 7.42. The number of nitrogens with two attached hydrogens (primary N) is 1. The maximum Gasteiger partial charge on any atom is 0.119 e. The fraction of sp³-hybridized carbons (Fsp3) is 0.471. The van der Waals surface area contributed by atoms with E-state index < -0.39 is 0 Å². The van der Waals surface area contributed by atoms with Gasteiger partial charge in [-0.05, 0) is 50.1 Å². The van der Waals surface area contributed by atoms with E-state index >= 15 is 0 Å². The third-order valence-corrected chi connectivity index (χ3v) is 3.77. The van der Waals surface area contributed by atoms with Gasteiger partial charge >= 0.3 is 0 Å². The van der Waals surface area contributed by atoms with Crippen LogP contribution in [0.15, 0.2) is 24.3 Å². The molecule has 0 fully saturated rings. The van der Waals surface area contributed by atoms with Gasteiger partial charge in [-0.15, -0.1) is 0 Å². The van der Waals surface area contributed by atoms with Crippen molar-refractivity contribution in [2.24, 2.45) is 5.73 Å². The summed E-state index contributed by atoms with van der Waals surface area (Å²) in [4.78, 5) is 0. The Morgan fingerprint density at radius 3 is 2.68 bits per heavy atom. The smallest absolute Gasteiger partial charge is 0.119 e. The number of aromatic nitrogens is 2. The largest absolute Gasteiger partial charge is 0.494 e. The number of ether oxygens (including phenoxy) is 1. The third kappa shape index (κ3) is 3.48. The summed E-state index contributed by atoms with van der Waals surface area (Å²) in [5, 5.41) is 13.7. The van der Waals surface area contributed by atoms with Crippen molar-refractivity contribution in [1.29, 1.82) is 0 Å². The van der Waals surface area contributed by atoms with E-state index in [-0.39, 0.29) is 12.5 Å². The summed E-state index contributed by atoms with van der Waals surface area (Å²) in [5.74, 6) is 0.933. The van der Waals surface area contributed by atoms with Gasteiger partial charge in [0.15, 0.2) is 0 Å². The van der Waals surface area contributed by atoms with E-state index in [9.17, 15) is 5.11 Å². The highest BCUT2D eigenvalue weighted by Crippen LogP contribution is 2.29. The van der Waals surface area contributed by atoms with Gasteiger partial charge in [0.1, 0.15) is 5.75 Å². The lowest BCUT2D eigenvalue weighted by molar-refractivity contribution is 0.266. The summed E-state index contributed by atoms with van der Waals surface area (Å²) < 4.78 is 7.40. The first-order valence-corrected chi connectivity index (χ1v) is 7.69. The van der Waals surface area contributed by atoms with Gasteiger partial charge in [-0.1, -0.05) is 6.07 Å². The summed E-state index contributed by atoms with van der Waals surface area (Å²) in [5.41, 5.74) is 10.3. The number of rotatable bonds is 7. The predicted octanol–water partition coefficient (Wildman–Crippen LogP) is 1.98. The first-order chi connectivity index (χ1) is 10.6. The zero-order valence-corrected chi connectivity index (χ0v) is 13.5. The number of nitrogens with zero attached hydrogens (tertiary/aromatic N) is 2. The number of hydrogen-bond acceptors (Lipinski definition) is 4. The summed E-state index contributed by atoms with van der Waals surface area (Å²) in [6.45, 7) is 7.69. The van der Waals surface area contributed by atoms with Crippen LogP contribution in [0.2, 0.25) is 0 Å². The van der Waals surface area contributed by atoms with Crippen molar-refractivity contribution in [2.75, 3.05) is 19.8 Å². The van der Waals surface area contributed by atoms with Crippen LogP contribution in [0.5, 0.6) is 5.75 Å². The molecule has 1 aromatic carbocycles. The van der Waals surface area contributed by atoms with Crippen molar-refractivity contribution < 1.29 is 9.84 Å². The van der Waals surface area contributed by atoms with Crippen LogP contribution in [0.25, 0.3) is 0 Å².